The molecule has 0 N–H and O–H groups in total. The number of esters is 3. The average Bonchev–Trinajstić information content (AvgIpc) is 3.37. The lowest BCUT2D eigenvalue weighted by atomic mass is 10.1. The van der Waals surface area contributed by atoms with E-state index in [-0.39, 0.29) is 31.6 Å². The Hall–Kier alpha value is -4.71. The van der Waals surface area contributed by atoms with Crippen LogP contribution < -0.4 is 0 Å². The fraction of sp³-hybridized carbons (Fsp3) is 0.585. The quantitative estimate of drug-likeness (QED) is 0.0262. The van der Waals surface area contributed by atoms with Gasteiger partial charge in [0.05, 0.1) is 0 Å². The minimum atomic E-state index is -0.831. The lowest BCUT2D eigenvalue weighted by Gasteiger charge is -2.18. The predicted octanol–water partition coefficient (Wildman–Crippen LogP) is 19.2. The number of carbonyl (C=O) groups excluding carboxylic acids is 3. The number of carbonyl (C=O) groups is 3. The average molecular weight is 980 g/mol. The normalized spacial score (nSPS) is 13.2. The van der Waals surface area contributed by atoms with E-state index in [1.165, 1.54) is 38.5 Å². The molecule has 0 rings (SSSR count). The van der Waals surface area contributed by atoms with E-state index in [9.17, 15) is 14.4 Å². The molecule has 0 saturated carbocycles. The van der Waals surface area contributed by atoms with E-state index in [1.54, 1.807) is 0 Å². The highest BCUT2D eigenvalue weighted by Crippen LogP contribution is 2.13. The van der Waals surface area contributed by atoms with Crippen LogP contribution in [-0.4, -0.2) is 37.2 Å². The Morgan fingerprint density at radius 3 is 0.915 bits per heavy atom. The van der Waals surface area contributed by atoms with E-state index in [0.29, 0.717) is 19.3 Å². The summed E-state index contributed by atoms with van der Waals surface area (Å²) in [6, 6.07) is 0. The van der Waals surface area contributed by atoms with Crippen molar-refractivity contribution in [3.05, 3.63) is 146 Å². The van der Waals surface area contributed by atoms with Gasteiger partial charge in [-0.05, 0) is 122 Å². The lowest BCUT2D eigenvalue weighted by Crippen LogP contribution is -2.30. The van der Waals surface area contributed by atoms with Gasteiger partial charge in [-0.25, -0.2) is 0 Å². The third-order valence-corrected chi connectivity index (χ3v) is 11.3. The van der Waals surface area contributed by atoms with Crippen LogP contribution in [0.15, 0.2) is 146 Å². The number of ether oxygens (including phenoxy) is 3. The Labute approximate surface area is 436 Å². The molecule has 398 valence electrons. The molecule has 1 atom stereocenters. The molecule has 1 unspecified atom stereocenters. The van der Waals surface area contributed by atoms with E-state index in [0.717, 1.165) is 141 Å². The van der Waals surface area contributed by atoms with Crippen LogP contribution in [0.25, 0.3) is 0 Å². The number of hydrogen-bond acceptors (Lipinski definition) is 6. The molecule has 0 aliphatic heterocycles. The second-order valence-electron chi connectivity index (χ2n) is 18.1. The number of rotatable bonds is 49. The maximum atomic E-state index is 12.8. The fourth-order valence-corrected chi connectivity index (χ4v) is 7.14. The van der Waals surface area contributed by atoms with Crippen molar-refractivity contribution >= 4 is 17.9 Å². The van der Waals surface area contributed by atoms with Gasteiger partial charge in [-0.1, -0.05) is 231 Å². The largest absolute Gasteiger partial charge is 0.462 e. The van der Waals surface area contributed by atoms with Gasteiger partial charge < -0.3 is 14.2 Å². The summed E-state index contributed by atoms with van der Waals surface area (Å²) in [5.74, 6) is -1.03. The van der Waals surface area contributed by atoms with Crippen LogP contribution in [0.5, 0.6) is 0 Å². The molecule has 6 nitrogen and oxygen atoms in total. The van der Waals surface area contributed by atoms with Gasteiger partial charge in [0, 0.05) is 19.3 Å². The molecule has 6 heteroatoms. The van der Waals surface area contributed by atoms with E-state index >= 15 is 0 Å². The first kappa shape index (κ1) is 66.3. The Morgan fingerprint density at radius 2 is 0.577 bits per heavy atom. The van der Waals surface area contributed by atoms with Crippen LogP contribution in [0, 0.1) is 0 Å². The van der Waals surface area contributed by atoms with Crippen molar-refractivity contribution < 1.29 is 28.6 Å². The van der Waals surface area contributed by atoms with Crippen molar-refractivity contribution in [1.82, 2.24) is 0 Å². The summed E-state index contributed by atoms with van der Waals surface area (Å²) in [6.07, 6.45) is 82.9. The minimum absolute atomic E-state index is 0.121. The summed E-state index contributed by atoms with van der Waals surface area (Å²) in [6.45, 7) is 6.24. The van der Waals surface area contributed by atoms with Crippen LogP contribution >= 0.6 is 0 Å². The van der Waals surface area contributed by atoms with Gasteiger partial charge >= 0.3 is 17.9 Å². The monoisotopic (exact) mass is 979 g/mol. The number of allylic oxidation sites excluding steroid dienone is 24. The van der Waals surface area contributed by atoms with Gasteiger partial charge in [0.25, 0.3) is 0 Å². The Balaban J connectivity index is 4.38. The van der Waals surface area contributed by atoms with Crippen LogP contribution in [0.1, 0.15) is 226 Å². The molecule has 0 aliphatic carbocycles. The highest BCUT2D eigenvalue weighted by atomic mass is 16.6. The molecule has 0 saturated heterocycles. The third-order valence-electron chi connectivity index (χ3n) is 11.3. The zero-order valence-corrected chi connectivity index (χ0v) is 45.4. The molecule has 0 fully saturated rings. The van der Waals surface area contributed by atoms with Crippen molar-refractivity contribution in [2.45, 2.75) is 232 Å². The first-order chi connectivity index (χ1) is 35.0. The molecule has 0 spiro atoms. The Morgan fingerprint density at radius 1 is 0.296 bits per heavy atom. The van der Waals surface area contributed by atoms with E-state index in [4.69, 9.17) is 14.2 Å². The Kier molecular flexibility index (Phi) is 54.0. The zero-order valence-electron chi connectivity index (χ0n) is 45.4. The zero-order chi connectivity index (χ0) is 51.4. The molecule has 0 amide bonds. The van der Waals surface area contributed by atoms with Crippen LogP contribution in [0.3, 0.4) is 0 Å². The first-order valence-electron chi connectivity index (χ1n) is 28.3. The van der Waals surface area contributed by atoms with Crippen LogP contribution in [0.2, 0.25) is 0 Å². The molecule has 0 aromatic rings. The topological polar surface area (TPSA) is 78.9 Å². The first-order valence-corrected chi connectivity index (χ1v) is 28.3. The standard InChI is InChI=1S/C65H102O6/c1-4-7-10-13-16-19-22-25-26-27-28-29-30-31-32-33-34-35-36-37-38-41-43-46-49-52-55-58-64(67)70-61-62(71-65(68)59-56-53-50-47-44-40-24-21-18-15-12-9-6-3)60-69-63(66)57-54-51-48-45-42-39-23-20-17-14-11-8-5-2/h7,9-12,14,16,18-21,23,25-26,28-29,31-32,34-35,40,44,50,53,62H,4-6,8,13,15,17,22,24,27,30,33,36-39,41-43,45-49,51-52,54-61H2,1-3H3/b10-7-,12-9-,14-11-,19-16-,21-18-,23-20-,26-25-,29-28-,32-31-,35-34-,44-40-,53-50-. The van der Waals surface area contributed by atoms with Gasteiger partial charge in [-0.2, -0.15) is 0 Å². The summed E-state index contributed by atoms with van der Waals surface area (Å²) in [5.41, 5.74) is 0. The fourth-order valence-electron chi connectivity index (χ4n) is 7.14. The van der Waals surface area contributed by atoms with Gasteiger partial charge in [0.1, 0.15) is 13.2 Å². The third kappa shape index (κ3) is 56.1. The van der Waals surface area contributed by atoms with Crippen molar-refractivity contribution in [2.75, 3.05) is 13.2 Å². The SMILES string of the molecule is CC/C=C\C/C=C\C/C=C\C/C=C\C/C=C\C/C=C\CCCCCCCCCCC(=O)OCC(COC(=O)CCCCCCC/C=C\C/C=C\CCC)OC(=O)CC/C=C\C/C=C\C/C=C\C/C=C\CC. The van der Waals surface area contributed by atoms with Crippen LogP contribution in [0.4, 0.5) is 0 Å². The molecule has 71 heavy (non-hydrogen) atoms. The highest BCUT2D eigenvalue weighted by Gasteiger charge is 2.19. The maximum Gasteiger partial charge on any atom is 0.306 e. The second kappa shape index (κ2) is 57.9. The lowest BCUT2D eigenvalue weighted by molar-refractivity contribution is -0.166. The molecule has 0 aromatic heterocycles. The van der Waals surface area contributed by atoms with Crippen LogP contribution in [-0.2, 0) is 28.6 Å². The number of unbranched alkanes of at least 4 members (excludes halogenated alkanes) is 14. The van der Waals surface area contributed by atoms with Crippen molar-refractivity contribution in [3.63, 3.8) is 0 Å². The molecule has 0 radical (unpaired) electrons. The molecular formula is C65H102O6. The maximum absolute atomic E-state index is 12.8. The van der Waals surface area contributed by atoms with Gasteiger partial charge in [0.2, 0.25) is 0 Å². The van der Waals surface area contributed by atoms with E-state index in [1.807, 2.05) is 12.2 Å². The van der Waals surface area contributed by atoms with E-state index in [2.05, 4.69) is 154 Å². The summed E-state index contributed by atoms with van der Waals surface area (Å²) >= 11 is 0. The summed E-state index contributed by atoms with van der Waals surface area (Å²) in [5, 5.41) is 0. The molecule has 0 aliphatic rings. The highest BCUT2D eigenvalue weighted by molar-refractivity contribution is 5.71. The predicted molar refractivity (Wildman–Crippen MR) is 306 cm³/mol. The Bertz CT molecular complexity index is 1590. The van der Waals surface area contributed by atoms with Gasteiger partial charge in [-0.15, -0.1) is 0 Å². The second-order valence-corrected chi connectivity index (χ2v) is 18.1. The smallest absolute Gasteiger partial charge is 0.306 e. The molecule has 0 heterocycles. The summed E-state index contributed by atoms with van der Waals surface area (Å²) in [4.78, 5) is 38.0. The van der Waals surface area contributed by atoms with Gasteiger partial charge in [0.15, 0.2) is 6.10 Å². The number of hydrogen-bond donors (Lipinski definition) is 0. The van der Waals surface area contributed by atoms with Crippen molar-refractivity contribution in [3.8, 4) is 0 Å². The summed E-state index contributed by atoms with van der Waals surface area (Å²) < 4.78 is 16.7. The minimum Gasteiger partial charge on any atom is -0.462 e. The molecule has 0 bridgehead atoms. The van der Waals surface area contributed by atoms with Gasteiger partial charge in [-0.3, -0.25) is 14.4 Å². The molecular weight excluding hydrogens is 877 g/mol. The summed E-state index contributed by atoms with van der Waals surface area (Å²) in [7, 11) is 0. The van der Waals surface area contributed by atoms with E-state index < -0.39 is 12.1 Å². The van der Waals surface area contributed by atoms with Crippen molar-refractivity contribution in [1.29, 1.82) is 0 Å². The van der Waals surface area contributed by atoms with Crippen molar-refractivity contribution in [2.24, 2.45) is 0 Å². The molecule has 0 aromatic carbocycles.